The highest BCUT2D eigenvalue weighted by Crippen LogP contribution is 2.25. The molecule has 0 saturated carbocycles. The summed E-state index contributed by atoms with van der Waals surface area (Å²) in [7, 11) is -2.97. The SMILES string of the molecule is CCCNC(CCCS(C)(=O)=O)c1cc(Br)ccc1F. The summed E-state index contributed by atoms with van der Waals surface area (Å²) in [4.78, 5) is 0. The van der Waals surface area contributed by atoms with Crippen LogP contribution in [0.5, 0.6) is 0 Å². The van der Waals surface area contributed by atoms with Crippen molar-refractivity contribution in [2.75, 3.05) is 18.6 Å². The number of hydrogen-bond acceptors (Lipinski definition) is 3. The van der Waals surface area contributed by atoms with Crippen LogP contribution in [0, 0.1) is 5.82 Å². The van der Waals surface area contributed by atoms with Gasteiger partial charge in [-0.25, -0.2) is 12.8 Å². The highest BCUT2D eigenvalue weighted by Gasteiger charge is 2.16. The van der Waals surface area contributed by atoms with Crippen molar-refractivity contribution >= 4 is 25.8 Å². The molecular formula is C14H21BrFNO2S. The smallest absolute Gasteiger partial charge is 0.147 e. The minimum Gasteiger partial charge on any atom is -0.310 e. The van der Waals surface area contributed by atoms with Crippen LogP contribution in [0.3, 0.4) is 0 Å². The molecule has 0 aliphatic rings. The monoisotopic (exact) mass is 365 g/mol. The maximum Gasteiger partial charge on any atom is 0.147 e. The third-order valence-corrected chi connectivity index (χ3v) is 4.51. The molecule has 0 heterocycles. The molecule has 0 saturated heterocycles. The quantitative estimate of drug-likeness (QED) is 0.767. The molecule has 0 aromatic heterocycles. The normalized spacial score (nSPS) is 13.4. The standard InChI is InChI=1S/C14H21BrFNO2S/c1-3-8-17-14(5-4-9-20(2,18)19)12-10-11(15)6-7-13(12)16/h6-7,10,14,17H,3-5,8-9H2,1-2H3. The van der Waals surface area contributed by atoms with E-state index in [1.165, 1.54) is 12.3 Å². The van der Waals surface area contributed by atoms with Gasteiger partial charge in [-0.1, -0.05) is 22.9 Å². The van der Waals surface area contributed by atoms with Gasteiger partial charge in [-0.05, 0) is 44.0 Å². The highest BCUT2D eigenvalue weighted by atomic mass is 79.9. The molecular weight excluding hydrogens is 345 g/mol. The van der Waals surface area contributed by atoms with Crippen LogP contribution in [0.25, 0.3) is 0 Å². The van der Waals surface area contributed by atoms with Gasteiger partial charge in [-0.2, -0.15) is 0 Å². The van der Waals surface area contributed by atoms with Crippen molar-refractivity contribution in [3.05, 3.63) is 34.1 Å². The Morgan fingerprint density at radius 2 is 2.10 bits per heavy atom. The summed E-state index contributed by atoms with van der Waals surface area (Å²) in [5, 5.41) is 3.28. The fraction of sp³-hybridized carbons (Fsp3) is 0.571. The number of sulfone groups is 1. The van der Waals surface area contributed by atoms with E-state index in [0.29, 0.717) is 18.4 Å². The molecule has 0 aliphatic carbocycles. The van der Waals surface area contributed by atoms with E-state index in [9.17, 15) is 12.8 Å². The molecule has 1 atom stereocenters. The Morgan fingerprint density at radius 1 is 1.40 bits per heavy atom. The first-order valence-electron chi connectivity index (χ1n) is 6.69. The Balaban J connectivity index is 2.80. The molecule has 1 N–H and O–H groups in total. The van der Waals surface area contributed by atoms with Crippen LogP contribution in [-0.4, -0.2) is 27.0 Å². The molecule has 0 fully saturated rings. The summed E-state index contributed by atoms with van der Waals surface area (Å²) in [6.07, 6.45) is 3.28. The first kappa shape index (κ1) is 17.6. The van der Waals surface area contributed by atoms with Gasteiger partial charge in [-0.15, -0.1) is 0 Å². The zero-order chi connectivity index (χ0) is 15.2. The molecule has 1 aromatic rings. The fourth-order valence-electron chi connectivity index (χ4n) is 2.02. The van der Waals surface area contributed by atoms with E-state index in [2.05, 4.69) is 21.2 Å². The molecule has 0 spiro atoms. The Kier molecular flexibility index (Phi) is 7.12. The molecule has 0 amide bonds. The van der Waals surface area contributed by atoms with Crippen LogP contribution in [0.2, 0.25) is 0 Å². The second-order valence-corrected chi connectivity index (χ2v) is 8.12. The topological polar surface area (TPSA) is 46.2 Å². The van der Waals surface area contributed by atoms with Gasteiger partial charge in [-0.3, -0.25) is 0 Å². The summed E-state index contributed by atoms with van der Waals surface area (Å²) >= 11 is 3.34. The Hall–Kier alpha value is -0.460. The number of rotatable bonds is 8. The van der Waals surface area contributed by atoms with Gasteiger partial charge in [0.25, 0.3) is 0 Å². The van der Waals surface area contributed by atoms with Crippen LogP contribution >= 0.6 is 15.9 Å². The second-order valence-electron chi connectivity index (χ2n) is 4.94. The van der Waals surface area contributed by atoms with Crippen molar-refractivity contribution in [1.29, 1.82) is 0 Å². The van der Waals surface area contributed by atoms with Crippen molar-refractivity contribution in [3.8, 4) is 0 Å². The number of halogens is 2. The van der Waals surface area contributed by atoms with Gasteiger partial charge in [0.15, 0.2) is 0 Å². The lowest BCUT2D eigenvalue weighted by atomic mass is 10.0. The van der Waals surface area contributed by atoms with Crippen molar-refractivity contribution < 1.29 is 12.8 Å². The molecule has 0 aliphatic heterocycles. The molecule has 1 rings (SSSR count). The maximum atomic E-state index is 13.9. The van der Waals surface area contributed by atoms with Crippen molar-refractivity contribution in [1.82, 2.24) is 5.32 Å². The van der Waals surface area contributed by atoms with Gasteiger partial charge in [0, 0.05) is 28.1 Å². The van der Waals surface area contributed by atoms with Crippen LogP contribution < -0.4 is 5.32 Å². The fourth-order valence-corrected chi connectivity index (χ4v) is 3.09. The maximum absolute atomic E-state index is 13.9. The Morgan fingerprint density at radius 3 is 2.70 bits per heavy atom. The third kappa shape index (κ3) is 6.33. The molecule has 20 heavy (non-hydrogen) atoms. The van der Waals surface area contributed by atoms with E-state index >= 15 is 0 Å². The summed E-state index contributed by atoms with van der Waals surface area (Å²) in [5.74, 6) is -0.131. The summed E-state index contributed by atoms with van der Waals surface area (Å²) in [6.45, 7) is 2.81. The molecule has 1 aromatic carbocycles. The molecule has 0 radical (unpaired) electrons. The van der Waals surface area contributed by atoms with Crippen LogP contribution in [-0.2, 0) is 9.84 Å². The predicted molar refractivity (Wildman–Crippen MR) is 84.1 cm³/mol. The molecule has 6 heteroatoms. The summed E-state index contributed by atoms with van der Waals surface area (Å²) in [5.41, 5.74) is 0.585. The van der Waals surface area contributed by atoms with E-state index in [1.807, 2.05) is 6.92 Å². The second kappa shape index (κ2) is 8.10. The number of benzene rings is 1. The summed E-state index contributed by atoms with van der Waals surface area (Å²) < 4.78 is 37.1. The minimum absolute atomic E-state index is 0.132. The largest absolute Gasteiger partial charge is 0.310 e. The lowest BCUT2D eigenvalue weighted by Gasteiger charge is -2.19. The van der Waals surface area contributed by atoms with Crippen LogP contribution in [0.4, 0.5) is 4.39 Å². The molecule has 1 unspecified atom stereocenters. The van der Waals surface area contributed by atoms with E-state index < -0.39 is 9.84 Å². The average molecular weight is 366 g/mol. The van der Waals surface area contributed by atoms with E-state index in [4.69, 9.17) is 0 Å². The average Bonchev–Trinajstić information content (AvgIpc) is 2.35. The van der Waals surface area contributed by atoms with Gasteiger partial charge >= 0.3 is 0 Å². The zero-order valence-electron chi connectivity index (χ0n) is 11.8. The van der Waals surface area contributed by atoms with Gasteiger partial charge in [0.1, 0.15) is 15.7 Å². The van der Waals surface area contributed by atoms with Gasteiger partial charge in [0.2, 0.25) is 0 Å². The number of hydrogen-bond donors (Lipinski definition) is 1. The Labute approximate surface area is 129 Å². The molecule has 0 bridgehead atoms. The molecule has 114 valence electrons. The Bertz CT molecular complexity index is 534. The highest BCUT2D eigenvalue weighted by molar-refractivity contribution is 9.10. The van der Waals surface area contributed by atoms with Gasteiger partial charge < -0.3 is 5.32 Å². The first-order valence-corrected chi connectivity index (χ1v) is 9.55. The lowest BCUT2D eigenvalue weighted by molar-refractivity contribution is 0.468. The van der Waals surface area contributed by atoms with Crippen LogP contribution in [0.1, 0.15) is 37.8 Å². The number of nitrogens with one attached hydrogen (secondary N) is 1. The van der Waals surface area contributed by atoms with Crippen molar-refractivity contribution in [3.63, 3.8) is 0 Å². The van der Waals surface area contributed by atoms with Crippen LogP contribution in [0.15, 0.2) is 22.7 Å². The van der Waals surface area contributed by atoms with Crippen molar-refractivity contribution in [2.45, 2.75) is 32.2 Å². The lowest BCUT2D eigenvalue weighted by Crippen LogP contribution is -2.23. The van der Waals surface area contributed by atoms with E-state index in [-0.39, 0.29) is 17.6 Å². The predicted octanol–water partition coefficient (Wildman–Crippen LogP) is 3.45. The third-order valence-electron chi connectivity index (χ3n) is 2.98. The minimum atomic E-state index is -2.97. The van der Waals surface area contributed by atoms with Gasteiger partial charge in [0.05, 0.1) is 0 Å². The molecule has 3 nitrogen and oxygen atoms in total. The summed E-state index contributed by atoms with van der Waals surface area (Å²) in [6, 6.07) is 4.68. The van der Waals surface area contributed by atoms with Crippen molar-refractivity contribution in [2.24, 2.45) is 0 Å². The zero-order valence-corrected chi connectivity index (χ0v) is 14.2. The first-order chi connectivity index (χ1) is 9.33. The van der Waals surface area contributed by atoms with E-state index in [1.54, 1.807) is 12.1 Å². The van der Waals surface area contributed by atoms with E-state index in [0.717, 1.165) is 17.4 Å².